The third-order valence-electron chi connectivity index (χ3n) is 4.86. The Morgan fingerprint density at radius 2 is 1.65 bits per heavy atom. The van der Waals surface area contributed by atoms with Crippen molar-refractivity contribution in [2.45, 2.75) is 26.2 Å². The maximum Gasteiger partial charge on any atom is 0.229 e. The molecule has 0 radical (unpaired) electrons. The second kappa shape index (κ2) is 7.56. The monoisotopic (exact) mass is 344 g/mol. The summed E-state index contributed by atoms with van der Waals surface area (Å²) >= 11 is 0. The van der Waals surface area contributed by atoms with Crippen molar-refractivity contribution in [2.75, 3.05) is 23.3 Å². The molecule has 0 aliphatic carbocycles. The van der Waals surface area contributed by atoms with Gasteiger partial charge in [-0.3, -0.25) is 0 Å². The zero-order valence-electron chi connectivity index (χ0n) is 15.2. The molecule has 1 aliphatic heterocycles. The van der Waals surface area contributed by atoms with Crippen LogP contribution < -0.4 is 10.2 Å². The molecule has 1 saturated heterocycles. The molecule has 0 atom stereocenters. The fourth-order valence-electron chi connectivity index (χ4n) is 3.43. The Hall–Kier alpha value is -2.88. The van der Waals surface area contributed by atoms with E-state index in [1.807, 2.05) is 24.3 Å². The second-order valence-corrected chi connectivity index (χ2v) is 6.63. The van der Waals surface area contributed by atoms with Crippen LogP contribution in [0, 0.1) is 0 Å². The summed E-state index contributed by atoms with van der Waals surface area (Å²) in [6.07, 6.45) is 3.43. The Morgan fingerprint density at radius 1 is 0.923 bits per heavy atom. The Balaban J connectivity index is 1.74. The first-order valence-electron chi connectivity index (χ1n) is 9.38. The highest BCUT2D eigenvalue weighted by Crippen LogP contribution is 2.27. The van der Waals surface area contributed by atoms with Crippen LogP contribution in [0.15, 0.2) is 60.7 Å². The summed E-state index contributed by atoms with van der Waals surface area (Å²) in [7, 11) is 0. The van der Waals surface area contributed by atoms with Crippen molar-refractivity contribution in [3.63, 3.8) is 0 Å². The van der Waals surface area contributed by atoms with Crippen LogP contribution in [0.2, 0.25) is 0 Å². The molecule has 4 heteroatoms. The molecule has 0 bridgehead atoms. The van der Waals surface area contributed by atoms with Gasteiger partial charge in [0.05, 0.1) is 5.69 Å². The minimum absolute atomic E-state index is 0.661. The van der Waals surface area contributed by atoms with E-state index in [4.69, 9.17) is 9.97 Å². The van der Waals surface area contributed by atoms with Crippen molar-refractivity contribution in [1.29, 1.82) is 0 Å². The predicted molar refractivity (Wildman–Crippen MR) is 108 cm³/mol. The molecule has 1 N–H and O–H groups in total. The Kier molecular flexibility index (Phi) is 4.82. The lowest BCUT2D eigenvalue weighted by Gasteiger charge is -2.19. The maximum absolute atomic E-state index is 4.82. The zero-order valence-corrected chi connectivity index (χ0v) is 15.2. The van der Waals surface area contributed by atoms with Gasteiger partial charge in [0, 0.05) is 30.4 Å². The molecule has 0 amide bonds. The van der Waals surface area contributed by atoms with Crippen LogP contribution in [0.4, 0.5) is 17.5 Å². The van der Waals surface area contributed by atoms with E-state index in [2.05, 4.69) is 53.5 Å². The topological polar surface area (TPSA) is 41.1 Å². The molecule has 2 heterocycles. The van der Waals surface area contributed by atoms with Gasteiger partial charge in [0.1, 0.15) is 5.82 Å². The van der Waals surface area contributed by atoms with Crippen LogP contribution in [0.1, 0.15) is 25.3 Å². The van der Waals surface area contributed by atoms with E-state index in [0.717, 1.165) is 42.3 Å². The highest BCUT2D eigenvalue weighted by atomic mass is 15.2. The third-order valence-corrected chi connectivity index (χ3v) is 4.86. The molecule has 2 aromatic carbocycles. The quantitative estimate of drug-likeness (QED) is 0.703. The zero-order chi connectivity index (χ0) is 17.8. The molecule has 1 aliphatic rings. The van der Waals surface area contributed by atoms with Crippen molar-refractivity contribution >= 4 is 17.5 Å². The van der Waals surface area contributed by atoms with E-state index in [1.54, 1.807) is 0 Å². The molecule has 132 valence electrons. The molecule has 1 aromatic heterocycles. The van der Waals surface area contributed by atoms with Gasteiger partial charge in [-0.25, -0.2) is 4.98 Å². The van der Waals surface area contributed by atoms with E-state index < -0.39 is 0 Å². The van der Waals surface area contributed by atoms with Crippen molar-refractivity contribution < 1.29 is 0 Å². The van der Waals surface area contributed by atoms with Gasteiger partial charge in [-0.15, -0.1) is 0 Å². The average molecular weight is 344 g/mol. The molecule has 4 nitrogen and oxygen atoms in total. The Bertz CT molecular complexity index is 870. The fourth-order valence-corrected chi connectivity index (χ4v) is 3.43. The number of benzene rings is 2. The van der Waals surface area contributed by atoms with Gasteiger partial charge in [-0.1, -0.05) is 55.5 Å². The minimum atomic E-state index is 0.661. The van der Waals surface area contributed by atoms with E-state index in [0.29, 0.717) is 5.95 Å². The lowest BCUT2D eigenvalue weighted by Crippen LogP contribution is -2.19. The lowest BCUT2D eigenvalue weighted by atomic mass is 10.1. The maximum atomic E-state index is 4.82. The standard InChI is InChI=1S/C22H24N4/c1-2-17-10-6-7-13-19(17)23-22-24-20(18-11-4-3-5-12-18)16-21(25-22)26-14-8-9-15-26/h3-7,10-13,16H,2,8-9,14-15H2,1H3,(H,23,24,25). The van der Waals surface area contributed by atoms with Crippen LogP contribution in [-0.2, 0) is 6.42 Å². The summed E-state index contributed by atoms with van der Waals surface area (Å²) in [5.74, 6) is 1.67. The SMILES string of the molecule is CCc1ccccc1Nc1nc(-c2ccccc2)cc(N2CCCC2)n1. The normalized spacial score (nSPS) is 13.8. The van der Waals surface area contributed by atoms with Gasteiger partial charge in [-0.05, 0) is 30.9 Å². The number of aromatic nitrogens is 2. The molecule has 3 aromatic rings. The number of anilines is 3. The van der Waals surface area contributed by atoms with Crippen LogP contribution in [0.25, 0.3) is 11.3 Å². The molecule has 26 heavy (non-hydrogen) atoms. The lowest BCUT2D eigenvalue weighted by molar-refractivity contribution is 0.930. The number of rotatable bonds is 5. The number of aryl methyl sites for hydroxylation is 1. The number of para-hydroxylation sites is 1. The molecule has 0 saturated carbocycles. The Labute approximate surface area is 154 Å². The molecule has 4 rings (SSSR count). The third kappa shape index (κ3) is 3.54. The summed E-state index contributed by atoms with van der Waals surface area (Å²) in [5.41, 5.74) is 4.41. The van der Waals surface area contributed by atoms with Crippen molar-refractivity contribution in [1.82, 2.24) is 9.97 Å². The number of nitrogens with zero attached hydrogens (tertiary/aromatic N) is 3. The summed E-state index contributed by atoms with van der Waals surface area (Å²) < 4.78 is 0. The van der Waals surface area contributed by atoms with E-state index in [-0.39, 0.29) is 0 Å². The second-order valence-electron chi connectivity index (χ2n) is 6.63. The average Bonchev–Trinajstić information content (AvgIpc) is 3.24. The first-order valence-corrected chi connectivity index (χ1v) is 9.38. The van der Waals surface area contributed by atoms with Crippen LogP contribution in [0.5, 0.6) is 0 Å². The predicted octanol–water partition coefficient (Wildman–Crippen LogP) is 5.05. The number of nitrogens with one attached hydrogen (secondary N) is 1. The van der Waals surface area contributed by atoms with Gasteiger partial charge in [0.25, 0.3) is 0 Å². The first-order chi connectivity index (χ1) is 12.8. The Morgan fingerprint density at radius 3 is 2.42 bits per heavy atom. The van der Waals surface area contributed by atoms with E-state index in [1.165, 1.54) is 18.4 Å². The first kappa shape index (κ1) is 16.6. The molecule has 1 fully saturated rings. The number of hydrogen-bond donors (Lipinski definition) is 1. The summed E-state index contributed by atoms with van der Waals surface area (Å²) in [6, 6.07) is 20.8. The van der Waals surface area contributed by atoms with Gasteiger partial charge in [-0.2, -0.15) is 4.98 Å². The largest absolute Gasteiger partial charge is 0.356 e. The van der Waals surface area contributed by atoms with Crippen LogP contribution in [0.3, 0.4) is 0 Å². The molecular formula is C22H24N4. The minimum Gasteiger partial charge on any atom is -0.356 e. The summed E-state index contributed by atoms with van der Waals surface area (Å²) in [5, 5.41) is 3.45. The van der Waals surface area contributed by atoms with Gasteiger partial charge < -0.3 is 10.2 Å². The fraction of sp³-hybridized carbons (Fsp3) is 0.273. The van der Waals surface area contributed by atoms with Crippen molar-refractivity contribution in [3.05, 3.63) is 66.2 Å². The molecule has 0 spiro atoms. The van der Waals surface area contributed by atoms with Crippen molar-refractivity contribution in [3.8, 4) is 11.3 Å². The summed E-state index contributed by atoms with van der Waals surface area (Å²) in [6.45, 7) is 4.30. The molecule has 0 unspecified atom stereocenters. The van der Waals surface area contributed by atoms with Gasteiger partial charge >= 0.3 is 0 Å². The van der Waals surface area contributed by atoms with Gasteiger partial charge in [0.2, 0.25) is 5.95 Å². The van der Waals surface area contributed by atoms with E-state index in [9.17, 15) is 0 Å². The summed E-state index contributed by atoms with van der Waals surface area (Å²) in [4.78, 5) is 12.0. The van der Waals surface area contributed by atoms with Crippen molar-refractivity contribution in [2.24, 2.45) is 0 Å². The molecular weight excluding hydrogens is 320 g/mol. The number of hydrogen-bond acceptors (Lipinski definition) is 4. The van der Waals surface area contributed by atoms with Crippen LogP contribution in [-0.4, -0.2) is 23.1 Å². The highest BCUT2D eigenvalue weighted by Gasteiger charge is 2.17. The smallest absolute Gasteiger partial charge is 0.229 e. The van der Waals surface area contributed by atoms with E-state index >= 15 is 0 Å². The highest BCUT2D eigenvalue weighted by molar-refractivity contribution is 5.67. The van der Waals surface area contributed by atoms with Gasteiger partial charge in [0.15, 0.2) is 0 Å². The van der Waals surface area contributed by atoms with Crippen LogP contribution >= 0.6 is 0 Å².